The van der Waals surface area contributed by atoms with Crippen molar-refractivity contribution in [2.75, 3.05) is 11.9 Å². The third-order valence-electron chi connectivity index (χ3n) is 2.35. The highest BCUT2D eigenvalue weighted by Gasteiger charge is 2.05. The number of carbonyl (C=O) groups excluding carboxylic acids is 1. The molecule has 0 aliphatic heterocycles. The van der Waals surface area contributed by atoms with Crippen LogP contribution < -0.4 is 10.6 Å². The highest BCUT2D eigenvalue weighted by Crippen LogP contribution is 2.15. The van der Waals surface area contributed by atoms with Crippen molar-refractivity contribution in [1.82, 2.24) is 5.32 Å². The Morgan fingerprint density at radius 3 is 2.88 bits per heavy atom. The number of hydrogen-bond donors (Lipinski definition) is 2. The molecular weight excluding hydrogens is 212 g/mol. The summed E-state index contributed by atoms with van der Waals surface area (Å²) in [6.07, 6.45) is 5.97. The van der Waals surface area contributed by atoms with Gasteiger partial charge in [-0.3, -0.25) is 4.79 Å². The first kappa shape index (κ1) is 13.3. The molecule has 0 aliphatic rings. The number of amides is 1. The van der Waals surface area contributed by atoms with Gasteiger partial charge in [0, 0.05) is 25.1 Å². The maximum absolute atomic E-state index is 11.6. The number of anilines is 1. The van der Waals surface area contributed by atoms with Gasteiger partial charge in [-0.05, 0) is 18.2 Å². The van der Waals surface area contributed by atoms with Gasteiger partial charge in [0.1, 0.15) is 0 Å². The quantitative estimate of drug-likeness (QED) is 0.735. The van der Waals surface area contributed by atoms with E-state index in [1.165, 1.54) is 0 Å². The van der Waals surface area contributed by atoms with E-state index in [0.29, 0.717) is 12.8 Å². The van der Waals surface area contributed by atoms with E-state index in [-0.39, 0.29) is 5.91 Å². The van der Waals surface area contributed by atoms with Gasteiger partial charge in [0.15, 0.2) is 0 Å². The third-order valence-corrected chi connectivity index (χ3v) is 2.35. The number of para-hydroxylation sites is 1. The molecule has 0 saturated heterocycles. The minimum atomic E-state index is -0.0353. The first-order valence-electron chi connectivity index (χ1n) is 5.80. The molecule has 3 heteroatoms. The number of terminal acetylenes is 1. The van der Waals surface area contributed by atoms with Gasteiger partial charge in [-0.25, -0.2) is 0 Å². The molecule has 3 nitrogen and oxygen atoms in total. The second-order valence-corrected chi connectivity index (χ2v) is 3.69. The fourth-order valence-electron chi connectivity index (χ4n) is 1.45. The Hall–Kier alpha value is -1.79. The van der Waals surface area contributed by atoms with Crippen LogP contribution in [0, 0.1) is 12.3 Å². The lowest BCUT2D eigenvalue weighted by atomic mass is 10.1. The Morgan fingerprint density at radius 2 is 2.18 bits per heavy atom. The summed E-state index contributed by atoms with van der Waals surface area (Å²) in [7, 11) is 0. The van der Waals surface area contributed by atoms with Gasteiger partial charge in [0.2, 0.25) is 5.91 Å². The molecule has 0 saturated carbocycles. The lowest BCUT2D eigenvalue weighted by molar-refractivity contribution is -0.116. The van der Waals surface area contributed by atoms with E-state index in [9.17, 15) is 4.79 Å². The third kappa shape index (κ3) is 4.71. The number of benzene rings is 1. The lowest BCUT2D eigenvalue weighted by Crippen LogP contribution is -2.16. The molecule has 1 aromatic carbocycles. The molecule has 1 amide bonds. The highest BCUT2D eigenvalue weighted by molar-refractivity contribution is 5.91. The van der Waals surface area contributed by atoms with Crippen LogP contribution >= 0.6 is 0 Å². The van der Waals surface area contributed by atoms with Crippen molar-refractivity contribution in [3.05, 3.63) is 29.8 Å². The first-order chi connectivity index (χ1) is 8.27. The number of carbonyl (C=O) groups is 1. The molecule has 0 aromatic heterocycles. The Morgan fingerprint density at radius 1 is 1.41 bits per heavy atom. The van der Waals surface area contributed by atoms with Crippen LogP contribution in [0.1, 0.15) is 25.3 Å². The average molecular weight is 230 g/mol. The lowest BCUT2D eigenvalue weighted by Gasteiger charge is -2.10. The second-order valence-electron chi connectivity index (χ2n) is 3.69. The fraction of sp³-hybridized carbons (Fsp3) is 0.357. The molecule has 0 aliphatic carbocycles. The molecule has 0 spiro atoms. The predicted octanol–water partition coefficient (Wildman–Crippen LogP) is 2.15. The van der Waals surface area contributed by atoms with Gasteiger partial charge in [-0.1, -0.05) is 25.1 Å². The maximum Gasteiger partial charge on any atom is 0.225 e. The van der Waals surface area contributed by atoms with Crippen molar-refractivity contribution < 1.29 is 4.79 Å². The number of hydrogen-bond acceptors (Lipinski definition) is 2. The molecule has 90 valence electrons. The monoisotopic (exact) mass is 230 g/mol. The molecule has 1 rings (SSSR count). The number of nitrogens with one attached hydrogen (secondary N) is 2. The molecule has 1 aromatic rings. The van der Waals surface area contributed by atoms with Gasteiger partial charge in [0.05, 0.1) is 0 Å². The summed E-state index contributed by atoms with van der Waals surface area (Å²) in [5.41, 5.74) is 1.94. The van der Waals surface area contributed by atoms with Crippen LogP contribution in [0.2, 0.25) is 0 Å². The van der Waals surface area contributed by atoms with E-state index >= 15 is 0 Å². The molecule has 0 radical (unpaired) electrons. The normalized spacial score (nSPS) is 9.65. The first-order valence-corrected chi connectivity index (χ1v) is 5.80. The molecule has 0 atom stereocenters. The highest BCUT2D eigenvalue weighted by atomic mass is 16.1. The number of rotatable bonds is 6. The van der Waals surface area contributed by atoms with Gasteiger partial charge < -0.3 is 10.6 Å². The summed E-state index contributed by atoms with van der Waals surface area (Å²) in [5, 5.41) is 6.12. The zero-order valence-corrected chi connectivity index (χ0v) is 10.1. The van der Waals surface area contributed by atoms with E-state index in [2.05, 4.69) is 16.6 Å². The van der Waals surface area contributed by atoms with Crippen LogP contribution in [-0.4, -0.2) is 12.5 Å². The second kappa shape index (κ2) is 7.48. The van der Waals surface area contributed by atoms with Crippen molar-refractivity contribution in [3.63, 3.8) is 0 Å². The van der Waals surface area contributed by atoms with Crippen molar-refractivity contribution in [1.29, 1.82) is 0 Å². The van der Waals surface area contributed by atoms with Crippen molar-refractivity contribution in [2.24, 2.45) is 0 Å². The molecule has 0 fully saturated rings. The van der Waals surface area contributed by atoms with E-state index < -0.39 is 0 Å². The van der Waals surface area contributed by atoms with Crippen LogP contribution in [0.15, 0.2) is 24.3 Å². The van der Waals surface area contributed by atoms with Crippen LogP contribution in [0.3, 0.4) is 0 Å². The smallest absolute Gasteiger partial charge is 0.225 e. The maximum atomic E-state index is 11.6. The van der Waals surface area contributed by atoms with E-state index in [1.54, 1.807) is 0 Å². The van der Waals surface area contributed by atoms with E-state index in [4.69, 9.17) is 6.42 Å². The van der Waals surface area contributed by atoms with Crippen LogP contribution in [0.4, 0.5) is 5.69 Å². The molecular formula is C14H18N2O. The topological polar surface area (TPSA) is 41.1 Å². The Balaban J connectivity index is 2.63. The van der Waals surface area contributed by atoms with Crippen molar-refractivity contribution >= 4 is 11.6 Å². The predicted molar refractivity (Wildman–Crippen MR) is 70.5 cm³/mol. The largest absolute Gasteiger partial charge is 0.326 e. The zero-order chi connectivity index (χ0) is 12.5. The summed E-state index contributed by atoms with van der Waals surface area (Å²) < 4.78 is 0. The van der Waals surface area contributed by atoms with Gasteiger partial charge in [-0.15, -0.1) is 12.3 Å². The Kier molecular flexibility index (Phi) is 5.84. The van der Waals surface area contributed by atoms with Crippen LogP contribution in [-0.2, 0) is 11.3 Å². The Bertz CT molecular complexity index is 407. The van der Waals surface area contributed by atoms with E-state index in [1.807, 2.05) is 31.2 Å². The van der Waals surface area contributed by atoms with Crippen LogP contribution in [0.5, 0.6) is 0 Å². The molecule has 2 N–H and O–H groups in total. The molecule has 0 heterocycles. The summed E-state index contributed by atoms with van der Waals surface area (Å²) >= 11 is 0. The SMILES string of the molecule is C#CCCC(=O)Nc1ccccc1CNCC. The summed E-state index contributed by atoms with van der Waals surface area (Å²) in [5.74, 6) is 2.42. The summed E-state index contributed by atoms with van der Waals surface area (Å²) in [4.78, 5) is 11.6. The van der Waals surface area contributed by atoms with Crippen LogP contribution in [0.25, 0.3) is 0 Å². The standard InChI is InChI=1S/C14H18N2O/c1-3-5-10-14(17)16-13-9-7-6-8-12(13)11-15-4-2/h1,6-9,15H,4-5,10-11H2,2H3,(H,16,17). The summed E-state index contributed by atoms with van der Waals surface area (Å²) in [6, 6.07) is 7.77. The molecule has 0 unspecified atom stereocenters. The molecule has 17 heavy (non-hydrogen) atoms. The van der Waals surface area contributed by atoms with E-state index in [0.717, 1.165) is 24.3 Å². The molecule has 0 bridgehead atoms. The van der Waals surface area contributed by atoms with Gasteiger partial charge in [-0.2, -0.15) is 0 Å². The zero-order valence-electron chi connectivity index (χ0n) is 10.1. The van der Waals surface area contributed by atoms with Gasteiger partial charge in [0.25, 0.3) is 0 Å². The van der Waals surface area contributed by atoms with Crippen molar-refractivity contribution in [2.45, 2.75) is 26.3 Å². The van der Waals surface area contributed by atoms with Crippen molar-refractivity contribution in [3.8, 4) is 12.3 Å². The minimum absolute atomic E-state index is 0.0353. The fourth-order valence-corrected chi connectivity index (χ4v) is 1.45. The van der Waals surface area contributed by atoms with Gasteiger partial charge >= 0.3 is 0 Å². The summed E-state index contributed by atoms with van der Waals surface area (Å²) in [6.45, 7) is 3.70. The minimum Gasteiger partial charge on any atom is -0.326 e. The average Bonchev–Trinajstić information content (AvgIpc) is 2.35. The Labute approximate surface area is 103 Å².